The highest BCUT2D eigenvalue weighted by Gasteiger charge is 2.65. The van der Waals surface area contributed by atoms with E-state index in [9.17, 15) is 39.6 Å². The molecule has 4 unspecified atom stereocenters. The molecule has 0 heterocycles. The third kappa shape index (κ3) is 6.82. The van der Waals surface area contributed by atoms with Crippen molar-refractivity contribution in [2.45, 2.75) is 118 Å². The lowest BCUT2D eigenvalue weighted by Crippen LogP contribution is -2.67. The number of ether oxygens (including phenoxy) is 4. The molecular weight excluding hydrogens is 564 g/mol. The van der Waals surface area contributed by atoms with Gasteiger partial charge in [0.1, 0.15) is 11.2 Å². The van der Waals surface area contributed by atoms with E-state index in [0.717, 1.165) is 6.08 Å². The third-order valence-electron chi connectivity index (χ3n) is 9.75. The molecule has 0 spiro atoms. The van der Waals surface area contributed by atoms with Crippen LogP contribution in [0.3, 0.4) is 0 Å². The van der Waals surface area contributed by atoms with E-state index in [2.05, 4.69) is 17.9 Å². The lowest BCUT2D eigenvalue weighted by molar-refractivity contribution is -0.263. The van der Waals surface area contributed by atoms with Crippen molar-refractivity contribution in [2.24, 2.45) is 11.8 Å². The van der Waals surface area contributed by atoms with E-state index in [1.165, 1.54) is 6.92 Å². The van der Waals surface area contributed by atoms with E-state index in [1.54, 1.807) is 0 Å². The van der Waals surface area contributed by atoms with Gasteiger partial charge < -0.3 is 39.4 Å². The SMILES string of the molecule is C=C(C)C(=O)OCC(=O)OC12CC3CC(O)(CC(O)(C3)C1)C2.C=CC(=O)OCC(=O)OC12CC3CC(O)(CC(O)(C3)C1)C2. The number of carbonyl (C=O) groups excluding carboxylic acids is 4. The van der Waals surface area contributed by atoms with Gasteiger partial charge in [-0.05, 0) is 57.3 Å². The summed E-state index contributed by atoms with van der Waals surface area (Å²) in [7, 11) is 0. The highest BCUT2D eigenvalue weighted by molar-refractivity contribution is 5.88. The summed E-state index contributed by atoms with van der Waals surface area (Å²) < 4.78 is 20.5. The van der Waals surface area contributed by atoms with Crippen LogP contribution in [0.1, 0.15) is 84.0 Å². The molecule has 43 heavy (non-hydrogen) atoms. The number of carbonyl (C=O) groups is 4. The van der Waals surface area contributed by atoms with Crippen LogP contribution in [0, 0.1) is 11.8 Å². The standard InChI is InChI=1S/C16H22O6.C15H20O6/c1-10(2)13(18)21-6-12(17)22-16-5-11-3-14(19,8-16)7-15(20,4-11)9-16;1-2-11(16)20-6-12(17)21-15-5-10-3-13(18,8-15)7-14(19,4-10)9-15/h11,19-20H,1,3-9H2,2H3;2,10,18-19H,1,3-9H2. The summed E-state index contributed by atoms with van der Waals surface area (Å²) in [6.45, 7) is 7.23. The Balaban J connectivity index is 0.000000171. The molecule has 0 amide bonds. The molecule has 0 radical (unpaired) electrons. The topological polar surface area (TPSA) is 186 Å². The maximum absolute atomic E-state index is 12.0. The zero-order valence-electron chi connectivity index (χ0n) is 24.6. The summed E-state index contributed by atoms with van der Waals surface area (Å²) >= 11 is 0. The summed E-state index contributed by atoms with van der Waals surface area (Å²) in [5.41, 5.74) is -5.27. The fourth-order valence-corrected chi connectivity index (χ4v) is 9.71. The molecule has 0 aromatic rings. The van der Waals surface area contributed by atoms with Crippen molar-refractivity contribution in [1.82, 2.24) is 0 Å². The first-order valence-electron chi connectivity index (χ1n) is 14.8. The summed E-state index contributed by atoms with van der Waals surface area (Å²) in [5, 5.41) is 42.3. The molecule has 8 rings (SSSR count). The molecule has 0 aromatic carbocycles. The van der Waals surface area contributed by atoms with Gasteiger partial charge in [-0.25, -0.2) is 19.2 Å². The van der Waals surface area contributed by atoms with Gasteiger partial charge in [-0.3, -0.25) is 0 Å². The molecule has 8 saturated carbocycles. The van der Waals surface area contributed by atoms with Crippen molar-refractivity contribution in [2.75, 3.05) is 13.2 Å². The Hall–Kier alpha value is -2.80. The van der Waals surface area contributed by atoms with Crippen LogP contribution in [0.4, 0.5) is 0 Å². The van der Waals surface area contributed by atoms with Crippen molar-refractivity contribution < 1.29 is 58.6 Å². The Morgan fingerprint density at radius 3 is 1.37 bits per heavy atom. The average Bonchev–Trinajstić information content (AvgIpc) is 2.81. The van der Waals surface area contributed by atoms with E-state index in [0.29, 0.717) is 77.0 Å². The fraction of sp³-hybridized carbons (Fsp3) is 0.742. The lowest BCUT2D eigenvalue weighted by atomic mass is 9.50. The maximum Gasteiger partial charge on any atom is 0.344 e. The zero-order chi connectivity index (χ0) is 31.5. The molecule has 4 atom stereocenters. The van der Waals surface area contributed by atoms with Crippen molar-refractivity contribution in [3.05, 3.63) is 24.8 Å². The minimum absolute atomic E-state index is 0.164. The summed E-state index contributed by atoms with van der Waals surface area (Å²) in [6, 6.07) is 0. The molecule has 8 fully saturated rings. The quantitative estimate of drug-likeness (QED) is 0.177. The third-order valence-corrected chi connectivity index (χ3v) is 9.75. The Morgan fingerprint density at radius 1 is 0.674 bits per heavy atom. The molecule has 8 aliphatic carbocycles. The Kier molecular flexibility index (Phi) is 7.85. The van der Waals surface area contributed by atoms with Gasteiger partial charge in [0.15, 0.2) is 13.2 Å². The largest absolute Gasteiger partial charge is 0.456 e. The number of hydrogen-bond donors (Lipinski definition) is 4. The van der Waals surface area contributed by atoms with Crippen LogP contribution in [0.5, 0.6) is 0 Å². The van der Waals surface area contributed by atoms with E-state index >= 15 is 0 Å². The van der Waals surface area contributed by atoms with Crippen molar-refractivity contribution in [3.63, 3.8) is 0 Å². The first kappa shape index (κ1) is 31.6. The molecule has 238 valence electrons. The highest BCUT2D eigenvalue weighted by Crippen LogP contribution is 2.61. The van der Waals surface area contributed by atoms with E-state index in [-0.39, 0.29) is 17.4 Å². The van der Waals surface area contributed by atoms with Gasteiger partial charge in [-0.15, -0.1) is 0 Å². The van der Waals surface area contributed by atoms with Gasteiger partial charge in [-0.2, -0.15) is 0 Å². The molecule has 0 saturated heterocycles. The molecule has 0 aliphatic heterocycles. The second-order valence-corrected chi connectivity index (χ2v) is 14.4. The fourth-order valence-electron chi connectivity index (χ4n) is 9.71. The first-order valence-corrected chi connectivity index (χ1v) is 14.8. The Labute approximate surface area is 250 Å². The molecule has 8 bridgehead atoms. The number of rotatable bonds is 8. The summed E-state index contributed by atoms with van der Waals surface area (Å²) in [4.78, 5) is 46.1. The van der Waals surface area contributed by atoms with Crippen LogP contribution in [-0.2, 0) is 38.1 Å². The van der Waals surface area contributed by atoms with Crippen LogP contribution in [0.25, 0.3) is 0 Å². The summed E-state index contributed by atoms with van der Waals surface area (Å²) in [6.07, 6.45) is 6.97. The second-order valence-electron chi connectivity index (χ2n) is 14.4. The van der Waals surface area contributed by atoms with Crippen LogP contribution < -0.4 is 0 Å². The van der Waals surface area contributed by atoms with Gasteiger partial charge in [-0.1, -0.05) is 13.2 Å². The molecule has 4 N–H and O–H groups in total. The van der Waals surface area contributed by atoms with Crippen molar-refractivity contribution in [1.29, 1.82) is 0 Å². The first-order chi connectivity index (χ1) is 19.9. The second kappa shape index (κ2) is 10.7. The molecular formula is C31H42O12. The molecule has 12 nitrogen and oxygen atoms in total. The van der Waals surface area contributed by atoms with Crippen LogP contribution >= 0.6 is 0 Å². The highest BCUT2D eigenvalue weighted by atomic mass is 16.6. The van der Waals surface area contributed by atoms with Gasteiger partial charge in [0.2, 0.25) is 0 Å². The van der Waals surface area contributed by atoms with Crippen LogP contribution in [0.2, 0.25) is 0 Å². The van der Waals surface area contributed by atoms with Gasteiger partial charge >= 0.3 is 23.9 Å². The van der Waals surface area contributed by atoms with Gasteiger partial charge in [0.05, 0.1) is 22.4 Å². The predicted molar refractivity (Wildman–Crippen MR) is 147 cm³/mol. The number of aliphatic hydroxyl groups is 4. The van der Waals surface area contributed by atoms with E-state index < -0.39 is 70.7 Å². The zero-order valence-corrected chi connectivity index (χ0v) is 24.6. The minimum Gasteiger partial charge on any atom is -0.456 e. The average molecular weight is 607 g/mol. The van der Waals surface area contributed by atoms with Crippen LogP contribution in [-0.4, -0.2) is 91.1 Å². The lowest BCUT2D eigenvalue weighted by Gasteiger charge is -2.62. The maximum atomic E-state index is 12.0. The number of esters is 4. The molecule has 0 aromatic heterocycles. The van der Waals surface area contributed by atoms with E-state index in [1.807, 2.05) is 0 Å². The Morgan fingerprint density at radius 2 is 1.05 bits per heavy atom. The molecule has 12 heteroatoms. The van der Waals surface area contributed by atoms with Crippen molar-refractivity contribution >= 4 is 23.9 Å². The van der Waals surface area contributed by atoms with Crippen molar-refractivity contribution in [3.8, 4) is 0 Å². The Bertz CT molecular complexity index is 1190. The minimum atomic E-state index is -0.956. The van der Waals surface area contributed by atoms with Crippen LogP contribution in [0.15, 0.2) is 24.8 Å². The smallest absolute Gasteiger partial charge is 0.344 e. The predicted octanol–water partition coefficient (Wildman–Crippen LogP) is 1.30. The molecule has 8 aliphatic rings. The van der Waals surface area contributed by atoms with Gasteiger partial charge in [0.25, 0.3) is 0 Å². The summed E-state index contributed by atoms with van der Waals surface area (Å²) in [5.74, 6) is -2.30. The normalized spacial score (nSPS) is 42.7. The van der Waals surface area contributed by atoms with Gasteiger partial charge in [0, 0.05) is 50.2 Å². The number of hydrogen-bond acceptors (Lipinski definition) is 12. The van der Waals surface area contributed by atoms with E-state index in [4.69, 9.17) is 14.2 Å². The monoisotopic (exact) mass is 606 g/mol.